The van der Waals surface area contributed by atoms with E-state index in [9.17, 15) is 0 Å². The second-order valence-electron chi connectivity index (χ2n) is 5.66. The summed E-state index contributed by atoms with van der Waals surface area (Å²) in [7, 11) is 0. The van der Waals surface area contributed by atoms with Crippen molar-refractivity contribution in [2.45, 2.75) is 13.8 Å². The van der Waals surface area contributed by atoms with E-state index in [4.69, 9.17) is 33.9 Å². The lowest BCUT2D eigenvalue weighted by atomic mass is 10.3. The third-order valence-corrected chi connectivity index (χ3v) is 4.04. The van der Waals surface area contributed by atoms with Crippen molar-refractivity contribution in [1.29, 1.82) is 0 Å². The number of anilines is 2. The lowest BCUT2D eigenvalue weighted by molar-refractivity contribution is 0.218. The van der Waals surface area contributed by atoms with Gasteiger partial charge in [-0.05, 0) is 62.5 Å². The van der Waals surface area contributed by atoms with Crippen LogP contribution in [-0.4, -0.2) is 36.5 Å². The molecule has 0 heterocycles. The Hall–Kier alpha value is -2.58. The fraction of sp³-hybridized carbons (Fsp3) is 0.300. The number of rotatable bonds is 9. The fourth-order valence-electron chi connectivity index (χ4n) is 2.35. The second-order valence-corrected chi connectivity index (χ2v) is 6.47. The smallest absolute Gasteiger partial charge is 0.170 e. The highest BCUT2D eigenvalue weighted by atomic mass is 32.1. The van der Waals surface area contributed by atoms with Gasteiger partial charge in [-0.2, -0.15) is 0 Å². The van der Waals surface area contributed by atoms with Gasteiger partial charge in [-0.3, -0.25) is 0 Å². The largest absolute Gasteiger partial charge is 0.488 e. The molecule has 0 amide bonds. The van der Waals surface area contributed by atoms with Crippen LogP contribution in [0.4, 0.5) is 11.4 Å². The van der Waals surface area contributed by atoms with Crippen LogP contribution in [0.25, 0.3) is 0 Å². The molecule has 8 heteroatoms. The fourth-order valence-corrected chi connectivity index (χ4v) is 2.86. The Bertz CT molecular complexity index is 721. The molecule has 0 bridgehead atoms. The molecule has 0 aliphatic rings. The summed E-state index contributed by atoms with van der Waals surface area (Å²) in [6, 6.07) is 15.3. The molecule has 0 aliphatic carbocycles. The molecule has 2 aromatic rings. The highest BCUT2D eigenvalue weighted by Gasteiger charge is 2.07. The van der Waals surface area contributed by atoms with E-state index in [0.717, 1.165) is 24.5 Å². The molecule has 4 N–H and O–H groups in total. The van der Waals surface area contributed by atoms with Crippen molar-refractivity contribution in [2.75, 3.05) is 36.9 Å². The molecule has 2 aromatic carbocycles. The Balaban J connectivity index is 1.88. The third-order valence-electron chi connectivity index (χ3n) is 3.54. The first-order valence-corrected chi connectivity index (χ1v) is 9.99. The van der Waals surface area contributed by atoms with Crippen LogP contribution in [0.15, 0.2) is 48.5 Å². The van der Waals surface area contributed by atoms with Crippen molar-refractivity contribution < 1.29 is 9.47 Å². The Labute approximate surface area is 177 Å². The minimum Gasteiger partial charge on any atom is -0.488 e. The minimum absolute atomic E-state index is 0.388. The van der Waals surface area contributed by atoms with Gasteiger partial charge in [0.2, 0.25) is 0 Å². The Morgan fingerprint density at radius 3 is 1.50 bits per heavy atom. The van der Waals surface area contributed by atoms with Gasteiger partial charge in [0.15, 0.2) is 10.2 Å². The summed E-state index contributed by atoms with van der Waals surface area (Å²) in [6.07, 6.45) is 0. The van der Waals surface area contributed by atoms with E-state index >= 15 is 0 Å². The van der Waals surface area contributed by atoms with E-state index in [2.05, 4.69) is 21.3 Å². The molecule has 2 rings (SSSR count). The van der Waals surface area contributed by atoms with Crippen molar-refractivity contribution in [1.82, 2.24) is 10.6 Å². The van der Waals surface area contributed by atoms with Gasteiger partial charge >= 0.3 is 0 Å². The number of nitrogens with one attached hydrogen (secondary N) is 4. The summed E-state index contributed by atoms with van der Waals surface area (Å²) in [5.41, 5.74) is 1.62. The second kappa shape index (κ2) is 12.0. The first kappa shape index (κ1) is 21.7. The van der Waals surface area contributed by atoms with Crippen LogP contribution in [0.2, 0.25) is 0 Å². The predicted molar refractivity (Wildman–Crippen MR) is 124 cm³/mol. The average Bonchev–Trinajstić information content (AvgIpc) is 2.68. The maximum absolute atomic E-state index is 5.86. The molecule has 6 nitrogen and oxygen atoms in total. The minimum atomic E-state index is 0.388. The van der Waals surface area contributed by atoms with Crippen LogP contribution in [0.3, 0.4) is 0 Å². The van der Waals surface area contributed by atoms with Gasteiger partial charge in [-0.1, -0.05) is 24.3 Å². The molecular formula is C20H26N4O2S2. The highest BCUT2D eigenvalue weighted by molar-refractivity contribution is 7.80. The summed E-state index contributed by atoms with van der Waals surface area (Å²) in [5, 5.41) is 13.5. The standard InChI is InChI=1S/C20H26N4O2S2/c1-3-21-19(27)23-15-9-5-7-11-17(15)25-13-14-26-18-12-8-6-10-16(18)24-20(28)22-4-2/h5-12H,3-4,13-14H2,1-2H3,(H2,21,23,27)(H2,22,24,28). The van der Waals surface area contributed by atoms with Crippen molar-refractivity contribution >= 4 is 46.0 Å². The van der Waals surface area contributed by atoms with Gasteiger partial charge < -0.3 is 30.7 Å². The maximum atomic E-state index is 5.86. The molecule has 0 saturated heterocycles. The molecule has 0 radical (unpaired) electrons. The van der Waals surface area contributed by atoms with E-state index in [1.165, 1.54) is 0 Å². The van der Waals surface area contributed by atoms with Gasteiger partial charge in [0, 0.05) is 13.1 Å². The van der Waals surface area contributed by atoms with Crippen LogP contribution in [0, 0.1) is 0 Å². The van der Waals surface area contributed by atoms with Gasteiger partial charge in [-0.25, -0.2) is 0 Å². The first-order valence-electron chi connectivity index (χ1n) is 9.17. The molecule has 0 aromatic heterocycles. The molecule has 0 aliphatic heterocycles. The number of hydrogen-bond acceptors (Lipinski definition) is 4. The molecule has 28 heavy (non-hydrogen) atoms. The Morgan fingerprint density at radius 1 is 0.714 bits per heavy atom. The van der Waals surface area contributed by atoms with Crippen LogP contribution in [-0.2, 0) is 0 Å². The van der Waals surface area contributed by atoms with Crippen molar-refractivity contribution in [3.63, 3.8) is 0 Å². The average molecular weight is 419 g/mol. The van der Waals surface area contributed by atoms with Crippen LogP contribution in [0.5, 0.6) is 11.5 Å². The van der Waals surface area contributed by atoms with E-state index in [-0.39, 0.29) is 0 Å². The Kier molecular flexibility index (Phi) is 9.30. The van der Waals surface area contributed by atoms with Crippen LogP contribution in [0.1, 0.15) is 13.8 Å². The lowest BCUT2D eigenvalue weighted by Crippen LogP contribution is -2.28. The SMILES string of the molecule is CCNC(=S)Nc1ccccc1OCCOc1ccccc1NC(=S)NCC. The van der Waals surface area contributed by atoms with Crippen molar-refractivity contribution in [3.8, 4) is 11.5 Å². The summed E-state index contributed by atoms with van der Waals surface area (Å²) >= 11 is 10.5. The summed E-state index contributed by atoms with van der Waals surface area (Å²) < 4.78 is 11.7. The van der Waals surface area contributed by atoms with E-state index in [0.29, 0.717) is 34.9 Å². The van der Waals surface area contributed by atoms with Gasteiger partial charge in [0.05, 0.1) is 11.4 Å². The topological polar surface area (TPSA) is 66.6 Å². The van der Waals surface area contributed by atoms with E-state index < -0.39 is 0 Å². The van der Waals surface area contributed by atoms with Crippen LogP contribution < -0.4 is 30.7 Å². The number of thiocarbonyl (C=S) groups is 2. The first-order chi connectivity index (χ1) is 13.6. The number of benzene rings is 2. The van der Waals surface area contributed by atoms with E-state index in [1.54, 1.807) is 0 Å². The lowest BCUT2D eigenvalue weighted by Gasteiger charge is -2.16. The quantitative estimate of drug-likeness (QED) is 0.363. The van der Waals surface area contributed by atoms with Gasteiger partial charge in [-0.15, -0.1) is 0 Å². The van der Waals surface area contributed by atoms with Gasteiger partial charge in [0.25, 0.3) is 0 Å². The van der Waals surface area contributed by atoms with Crippen molar-refractivity contribution in [3.05, 3.63) is 48.5 Å². The summed E-state index contributed by atoms with van der Waals surface area (Å²) in [5.74, 6) is 1.43. The number of ether oxygens (including phenoxy) is 2. The zero-order chi connectivity index (χ0) is 20.2. The molecule has 0 spiro atoms. The highest BCUT2D eigenvalue weighted by Crippen LogP contribution is 2.25. The van der Waals surface area contributed by atoms with E-state index in [1.807, 2.05) is 62.4 Å². The molecule has 0 atom stereocenters. The number of hydrogen-bond donors (Lipinski definition) is 4. The molecule has 0 fully saturated rings. The molecule has 0 unspecified atom stereocenters. The zero-order valence-corrected chi connectivity index (χ0v) is 17.7. The zero-order valence-electron chi connectivity index (χ0n) is 16.1. The summed E-state index contributed by atoms with van der Waals surface area (Å²) in [4.78, 5) is 0. The molecule has 0 saturated carbocycles. The Morgan fingerprint density at radius 2 is 1.11 bits per heavy atom. The van der Waals surface area contributed by atoms with Gasteiger partial charge in [0.1, 0.15) is 24.7 Å². The number of para-hydroxylation sites is 4. The molecule has 150 valence electrons. The van der Waals surface area contributed by atoms with Crippen LogP contribution >= 0.6 is 24.4 Å². The predicted octanol–water partition coefficient (Wildman–Crippen LogP) is 3.76. The van der Waals surface area contributed by atoms with Crippen molar-refractivity contribution in [2.24, 2.45) is 0 Å². The summed E-state index contributed by atoms with van der Waals surface area (Å²) in [6.45, 7) is 6.27. The monoisotopic (exact) mass is 418 g/mol. The normalized spacial score (nSPS) is 9.93. The third kappa shape index (κ3) is 7.21. The maximum Gasteiger partial charge on any atom is 0.170 e. The molecular weight excluding hydrogens is 392 g/mol.